The van der Waals surface area contributed by atoms with E-state index in [1.165, 1.54) is 0 Å². The number of hydrogen-bond donors (Lipinski definition) is 2. The molecule has 1 aromatic heterocycles. The summed E-state index contributed by atoms with van der Waals surface area (Å²) >= 11 is 3.30. The summed E-state index contributed by atoms with van der Waals surface area (Å²) in [7, 11) is 0. The van der Waals surface area contributed by atoms with Gasteiger partial charge in [0.15, 0.2) is 0 Å². The molecule has 0 aliphatic heterocycles. The lowest BCUT2D eigenvalue weighted by molar-refractivity contribution is 0.0846. The van der Waals surface area contributed by atoms with Gasteiger partial charge in [-0.3, -0.25) is 20.4 Å². The van der Waals surface area contributed by atoms with Crippen molar-refractivity contribution < 1.29 is 9.59 Å². The Morgan fingerprint density at radius 3 is 1.92 bits per heavy atom. The van der Waals surface area contributed by atoms with Gasteiger partial charge in [0.2, 0.25) is 0 Å². The van der Waals surface area contributed by atoms with Gasteiger partial charge in [-0.15, -0.1) is 0 Å². The van der Waals surface area contributed by atoms with Gasteiger partial charge in [0, 0.05) is 33.7 Å². The monoisotopic (exact) mass is 384 g/mol. The lowest BCUT2D eigenvalue weighted by Gasteiger charge is -2.08. The number of benzene rings is 2. The summed E-state index contributed by atoms with van der Waals surface area (Å²) in [4.78, 5) is 28.0. The van der Waals surface area contributed by atoms with Crippen molar-refractivity contribution in [3.63, 3.8) is 0 Å². The van der Waals surface area contributed by atoms with E-state index in [1.54, 1.807) is 61.1 Å². The Morgan fingerprint density at radius 2 is 1.42 bits per heavy atom. The van der Waals surface area contributed by atoms with Crippen LogP contribution in [0.4, 0.5) is 0 Å². The number of hydrogen-bond acceptors (Lipinski definition) is 3. The van der Waals surface area contributed by atoms with Crippen LogP contribution in [-0.4, -0.2) is 21.4 Å². The molecule has 7 heteroatoms. The second kappa shape index (κ2) is 7.10. The third-order valence-electron chi connectivity index (χ3n) is 3.33. The summed E-state index contributed by atoms with van der Waals surface area (Å²) in [6.07, 6.45) is 5.17. The number of rotatable bonds is 3. The van der Waals surface area contributed by atoms with E-state index in [0.29, 0.717) is 11.1 Å². The Kier molecular flexibility index (Phi) is 4.72. The van der Waals surface area contributed by atoms with Crippen LogP contribution in [0.25, 0.3) is 5.69 Å². The van der Waals surface area contributed by atoms with Crippen LogP contribution in [0.3, 0.4) is 0 Å². The molecule has 0 aliphatic rings. The molecule has 1 heterocycles. The summed E-state index contributed by atoms with van der Waals surface area (Å²) in [5, 5.41) is 0. The molecular formula is C17H13BrN4O2. The van der Waals surface area contributed by atoms with Gasteiger partial charge in [-0.25, -0.2) is 4.98 Å². The molecule has 3 aromatic rings. The fourth-order valence-corrected chi connectivity index (χ4v) is 2.32. The van der Waals surface area contributed by atoms with Crippen LogP contribution in [0.2, 0.25) is 0 Å². The SMILES string of the molecule is O=C(NNC(=O)c1ccc(-n2ccnc2)cc1)c1ccc(Br)cc1. The molecule has 2 amide bonds. The molecule has 0 atom stereocenters. The number of imidazole rings is 1. The maximum atomic E-state index is 12.1. The minimum atomic E-state index is -0.391. The van der Waals surface area contributed by atoms with E-state index in [-0.39, 0.29) is 5.91 Å². The van der Waals surface area contributed by atoms with Crippen molar-refractivity contribution in [1.82, 2.24) is 20.4 Å². The maximum absolute atomic E-state index is 12.1. The first kappa shape index (κ1) is 15.9. The van der Waals surface area contributed by atoms with Crippen molar-refractivity contribution in [3.8, 4) is 5.69 Å². The normalized spacial score (nSPS) is 10.2. The molecule has 2 aromatic carbocycles. The van der Waals surface area contributed by atoms with Crippen molar-refractivity contribution >= 4 is 27.7 Å². The highest BCUT2D eigenvalue weighted by molar-refractivity contribution is 9.10. The molecule has 0 radical (unpaired) electrons. The molecule has 0 bridgehead atoms. The van der Waals surface area contributed by atoms with Crippen LogP contribution >= 0.6 is 15.9 Å². The topological polar surface area (TPSA) is 76.0 Å². The number of hydrazine groups is 1. The molecule has 0 saturated carbocycles. The fourth-order valence-electron chi connectivity index (χ4n) is 2.06. The van der Waals surface area contributed by atoms with Crippen molar-refractivity contribution in [2.75, 3.05) is 0 Å². The molecule has 0 fully saturated rings. The minimum absolute atomic E-state index is 0.383. The van der Waals surface area contributed by atoms with Crippen molar-refractivity contribution in [2.24, 2.45) is 0 Å². The molecular weight excluding hydrogens is 372 g/mol. The first-order chi connectivity index (χ1) is 11.6. The summed E-state index contributed by atoms with van der Waals surface area (Å²) in [6.45, 7) is 0. The molecule has 0 spiro atoms. The second-order valence-corrected chi connectivity index (χ2v) is 5.85. The number of nitrogens with one attached hydrogen (secondary N) is 2. The quantitative estimate of drug-likeness (QED) is 0.681. The summed E-state index contributed by atoms with van der Waals surface area (Å²) < 4.78 is 2.71. The Labute approximate surface area is 146 Å². The molecule has 24 heavy (non-hydrogen) atoms. The number of carbonyl (C=O) groups excluding carboxylic acids is 2. The lowest BCUT2D eigenvalue weighted by atomic mass is 10.2. The zero-order valence-corrected chi connectivity index (χ0v) is 14.0. The van der Waals surface area contributed by atoms with Crippen LogP contribution in [-0.2, 0) is 0 Å². The van der Waals surface area contributed by atoms with Crippen LogP contribution in [0.15, 0.2) is 71.7 Å². The molecule has 0 unspecified atom stereocenters. The molecule has 0 saturated heterocycles. The average molecular weight is 385 g/mol. The average Bonchev–Trinajstić information content (AvgIpc) is 3.15. The molecule has 0 aliphatic carbocycles. The van der Waals surface area contributed by atoms with Gasteiger partial charge in [0.1, 0.15) is 0 Å². The molecule has 3 rings (SSSR count). The third kappa shape index (κ3) is 3.69. The number of aromatic nitrogens is 2. The van der Waals surface area contributed by atoms with E-state index in [9.17, 15) is 9.59 Å². The number of amides is 2. The van der Waals surface area contributed by atoms with Crippen LogP contribution in [0, 0.1) is 0 Å². The first-order valence-electron chi connectivity index (χ1n) is 7.08. The van der Waals surface area contributed by atoms with Gasteiger partial charge < -0.3 is 4.57 Å². The maximum Gasteiger partial charge on any atom is 0.269 e. The predicted molar refractivity (Wildman–Crippen MR) is 92.6 cm³/mol. The second-order valence-electron chi connectivity index (χ2n) is 4.93. The van der Waals surface area contributed by atoms with Crippen molar-refractivity contribution in [1.29, 1.82) is 0 Å². The van der Waals surface area contributed by atoms with E-state index in [2.05, 4.69) is 31.8 Å². The van der Waals surface area contributed by atoms with Crippen molar-refractivity contribution in [3.05, 3.63) is 82.9 Å². The number of halogens is 1. The number of carbonyl (C=O) groups is 2. The van der Waals surface area contributed by atoms with Gasteiger partial charge in [-0.2, -0.15) is 0 Å². The largest absolute Gasteiger partial charge is 0.306 e. The van der Waals surface area contributed by atoms with E-state index >= 15 is 0 Å². The Morgan fingerprint density at radius 1 is 0.875 bits per heavy atom. The number of nitrogens with zero attached hydrogens (tertiary/aromatic N) is 2. The van der Waals surface area contributed by atoms with E-state index < -0.39 is 5.91 Å². The third-order valence-corrected chi connectivity index (χ3v) is 3.86. The van der Waals surface area contributed by atoms with Crippen LogP contribution < -0.4 is 10.9 Å². The molecule has 2 N–H and O–H groups in total. The Hall–Kier alpha value is -2.93. The predicted octanol–water partition coefficient (Wildman–Crippen LogP) is 2.71. The standard InChI is InChI=1S/C17H13BrN4O2/c18-14-5-1-12(2-6-14)16(23)20-21-17(24)13-3-7-15(8-4-13)22-10-9-19-11-22/h1-11H,(H,20,23)(H,21,24). The lowest BCUT2D eigenvalue weighted by Crippen LogP contribution is -2.41. The van der Waals surface area contributed by atoms with Gasteiger partial charge in [-0.05, 0) is 48.5 Å². The van der Waals surface area contributed by atoms with Crippen LogP contribution in [0.1, 0.15) is 20.7 Å². The smallest absolute Gasteiger partial charge is 0.269 e. The zero-order valence-electron chi connectivity index (χ0n) is 12.4. The highest BCUT2D eigenvalue weighted by atomic mass is 79.9. The van der Waals surface area contributed by atoms with E-state index in [0.717, 1.165) is 10.2 Å². The van der Waals surface area contributed by atoms with Gasteiger partial charge >= 0.3 is 0 Å². The van der Waals surface area contributed by atoms with Gasteiger partial charge in [0.25, 0.3) is 11.8 Å². The van der Waals surface area contributed by atoms with Gasteiger partial charge in [0.05, 0.1) is 6.33 Å². The summed E-state index contributed by atoms with van der Waals surface area (Å²) in [6, 6.07) is 13.8. The highest BCUT2D eigenvalue weighted by Crippen LogP contribution is 2.11. The minimum Gasteiger partial charge on any atom is -0.306 e. The summed E-state index contributed by atoms with van der Waals surface area (Å²) in [5.41, 5.74) is 6.57. The summed E-state index contributed by atoms with van der Waals surface area (Å²) in [5.74, 6) is -0.775. The fraction of sp³-hybridized carbons (Fsp3) is 0. The zero-order chi connectivity index (χ0) is 16.9. The van der Waals surface area contributed by atoms with Crippen LogP contribution in [0.5, 0.6) is 0 Å². The van der Waals surface area contributed by atoms with Gasteiger partial charge in [-0.1, -0.05) is 15.9 Å². The van der Waals surface area contributed by atoms with E-state index in [1.807, 2.05) is 10.8 Å². The van der Waals surface area contributed by atoms with Crippen molar-refractivity contribution in [2.45, 2.75) is 0 Å². The first-order valence-corrected chi connectivity index (χ1v) is 7.87. The Bertz CT molecular complexity index is 843. The molecule has 6 nitrogen and oxygen atoms in total. The Balaban J connectivity index is 1.60. The molecule has 120 valence electrons. The van der Waals surface area contributed by atoms with E-state index in [4.69, 9.17) is 0 Å². The highest BCUT2D eigenvalue weighted by Gasteiger charge is 2.09.